The second kappa shape index (κ2) is 6.29. The average Bonchev–Trinajstić information content (AvgIpc) is 2.99. The smallest absolute Gasteiger partial charge is 0.235 e. The van der Waals surface area contributed by atoms with Crippen LogP contribution in [0.15, 0.2) is 48.8 Å². The van der Waals surface area contributed by atoms with Crippen LogP contribution in [0.5, 0.6) is 0 Å². The maximum Gasteiger partial charge on any atom is 0.235 e. The molecule has 7 nitrogen and oxygen atoms in total. The topological polar surface area (TPSA) is 88.1 Å². The summed E-state index contributed by atoms with van der Waals surface area (Å²) < 4.78 is 25.6. The minimum Gasteiger partial charge on any atom is -0.366 e. The predicted molar refractivity (Wildman–Crippen MR) is 96.9 cm³/mol. The molecule has 1 fully saturated rings. The molecule has 8 heteroatoms. The first kappa shape index (κ1) is 15.8. The van der Waals surface area contributed by atoms with Gasteiger partial charge in [0.1, 0.15) is 11.3 Å². The van der Waals surface area contributed by atoms with Crippen molar-refractivity contribution in [2.45, 2.75) is 13.0 Å². The maximum atomic E-state index is 12.1. The number of hydrogen-bond donors (Lipinski definition) is 1. The Morgan fingerprint density at radius 3 is 2.84 bits per heavy atom. The summed E-state index contributed by atoms with van der Waals surface area (Å²) in [6, 6.07) is 11.3. The van der Waals surface area contributed by atoms with E-state index < -0.39 is 10.0 Å². The van der Waals surface area contributed by atoms with Crippen LogP contribution in [0.4, 0.5) is 11.5 Å². The Morgan fingerprint density at radius 2 is 2.00 bits per heavy atom. The standard InChI is InChI=1S/C17H17N5O2S/c23-25(24)10-2-9-22(25)14-4-1-3-13(11-14)12-20-16-6-5-15-17(21-16)19-8-7-18-15/h1,3-8,11H,2,9-10,12H2,(H,19,20,21). The zero-order valence-electron chi connectivity index (χ0n) is 13.5. The highest BCUT2D eigenvalue weighted by Gasteiger charge is 2.28. The Morgan fingerprint density at radius 1 is 1.12 bits per heavy atom. The van der Waals surface area contributed by atoms with E-state index >= 15 is 0 Å². The molecular formula is C17H17N5O2S. The van der Waals surface area contributed by atoms with Gasteiger partial charge in [-0.3, -0.25) is 9.29 Å². The van der Waals surface area contributed by atoms with Crippen molar-refractivity contribution < 1.29 is 8.42 Å². The molecule has 1 aromatic carbocycles. The van der Waals surface area contributed by atoms with Gasteiger partial charge in [-0.2, -0.15) is 0 Å². The van der Waals surface area contributed by atoms with Crippen LogP contribution in [0.1, 0.15) is 12.0 Å². The first-order chi connectivity index (χ1) is 12.1. The van der Waals surface area contributed by atoms with E-state index in [2.05, 4.69) is 20.3 Å². The fraction of sp³-hybridized carbons (Fsp3) is 0.235. The van der Waals surface area contributed by atoms with E-state index in [-0.39, 0.29) is 5.75 Å². The third-order valence-electron chi connectivity index (χ3n) is 4.10. The van der Waals surface area contributed by atoms with Crippen molar-refractivity contribution in [3.63, 3.8) is 0 Å². The lowest BCUT2D eigenvalue weighted by Gasteiger charge is -2.17. The molecule has 1 aliphatic heterocycles. The zero-order chi connectivity index (χ0) is 17.3. The molecule has 3 heterocycles. The fourth-order valence-corrected chi connectivity index (χ4v) is 4.45. The highest BCUT2D eigenvalue weighted by Crippen LogP contribution is 2.25. The molecule has 0 saturated carbocycles. The Bertz CT molecular complexity index is 1020. The Balaban J connectivity index is 1.52. The zero-order valence-corrected chi connectivity index (χ0v) is 14.3. The molecule has 1 N–H and O–H groups in total. The van der Waals surface area contributed by atoms with Gasteiger partial charge in [-0.1, -0.05) is 12.1 Å². The van der Waals surface area contributed by atoms with Crippen molar-refractivity contribution in [2.24, 2.45) is 0 Å². The Labute approximate surface area is 145 Å². The van der Waals surface area contributed by atoms with Gasteiger partial charge in [-0.25, -0.2) is 18.4 Å². The molecule has 0 unspecified atom stereocenters. The first-order valence-electron chi connectivity index (χ1n) is 8.03. The summed E-state index contributed by atoms with van der Waals surface area (Å²) >= 11 is 0. The van der Waals surface area contributed by atoms with Crippen LogP contribution in [-0.4, -0.2) is 35.7 Å². The van der Waals surface area contributed by atoms with Gasteiger partial charge in [-0.05, 0) is 36.2 Å². The highest BCUT2D eigenvalue weighted by molar-refractivity contribution is 7.93. The average molecular weight is 355 g/mol. The molecule has 0 amide bonds. The minimum atomic E-state index is -3.16. The second-order valence-corrected chi connectivity index (χ2v) is 7.87. The SMILES string of the molecule is O=S1(=O)CCCN1c1cccc(CNc2ccc3nccnc3n2)c1. The number of hydrogen-bond acceptors (Lipinski definition) is 6. The molecule has 0 aliphatic carbocycles. The van der Waals surface area contributed by atoms with Crippen molar-refractivity contribution in [2.75, 3.05) is 21.9 Å². The molecule has 2 aromatic heterocycles. The molecule has 4 rings (SSSR count). The van der Waals surface area contributed by atoms with E-state index in [9.17, 15) is 8.42 Å². The summed E-state index contributed by atoms with van der Waals surface area (Å²) in [6.45, 7) is 1.09. The number of nitrogens with zero attached hydrogens (tertiary/aromatic N) is 4. The van der Waals surface area contributed by atoms with Crippen LogP contribution in [0.3, 0.4) is 0 Å². The quantitative estimate of drug-likeness (QED) is 0.772. The number of sulfonamides is 1. The van der Waals surface area contributed by atoms with Gasteiger partial charge in [-0.15, -0.1) is 0 Å². The van der Waals surface area contributed by atoms with Crippen molar-refractivity contribution >= 4 is 32.7 Å². The van der Waals surface area contributed by atoms with Gasteiger partial charge in [0.25, 0.3) is 0 Å². The van der Waals surface area contributed by atoms with Crippen molar-refractivity contribution in [1.29, 1.82) is 0 Å². The van der Waals surface area contributed by atoms with Crippen LogP contribution < -0.4 is 9.62 Å². The van der Waals surface area contributed by atoms with Crippen LogP contribution in [0.25, 0.3) is 11.2 Å². The van der Waals surface area contributed by atoms with Crippen molar-refractivity contribution in [3.05, 3.63) is 54.4 Å². The van der Waals surface area contributed by atoms with Gasteiger partial charge < -0.3 is 5.32 Å². The second-order valence-electron chi connectivity index (χ2n) is 5.86. The largest absolute Gasteiger partial charge is 0.366 e. The summed E-state index contributed by atoms with van der Waals surface area (Å²) in [7, 11) is -3.16. The molecule has 1 saturated heterocycles. The van der Waals surface area contributed by atoms with Crippen LogP contribution in [-0.2, 0) is 16.6 Å². The van der Waals surface area contributed by atoms with E-state index in [0.717, 1.165) is 11.1 Å². The third kappa shape index (κ3) is 3.25. The fourth-order valence-electron chi connectivity index (χ4n) is 2.90. The van der Waals surface area contributed by atoms with Gasteiger partial charge in [0.05, 0.1) is 11.4 Å². The summed E-state index contributed by atoms with van der Waals surface area (Å²) in [5, 5.41) is 3.24. The summed E-state index contributed by atoms with van der Waals surface area (Å²) in [5.41, 5.74) is 3.04. The van der Waals surface area contributed by atoms with E-state index in [1.165, 1.54) is 4.31 Å². The van der Waals surface area contributed by atoms with E-state index in [1.54, 1.807) is 12.4 Å². The lowest BCUT2D eigenvalue weighted by atomic mass is 10.2. The molecule has 1 aliphatic rings. The minimum absolute atomic E-state index is 0.220. The highest BCUT2D eigenvalue weighted by atomic mass is 32.2. The Kier molecular flexibility index (Phi) is 3.96. The summed E-state index contributed by atoms with van der Waals surface area (Å²) in [5.74, 6) is 0.921. The number of benzene rings is 1. The first-order valence-corrected chi connectivity index (χ1v) is 9.64. The van der Waals surface area contributed by atoms with Gasteiger partial charge in [0.15, 0.2) is 5.65 Å². The molecule has 3 aromatic rings. The van der Waals surface area contributed by atoms with Crippen LogP contribution in [0, 0.1) is 0 Å². The third-order valence-corrected chi connectivity index (χ3v) is 5.97. The summed E-state index contributed by atoms with van der Waals surface area (Å²) in [4.78, 5) is 12.8. The van der Waals surface area contributed by atoms with Crippen molar-refractivity contribution in [3.8, 4) is 0 Å². The normalized spacial score (nSPS) is 16.2. The molecule has 128 valence electrons. The number of fused-ring (bicyclic) bond motifs is 1. The Hall–Kier alpha value is -2.74. The van der Waals surface area contributed by atoms with E-state index in [4.69, 9.17) is 0 Å². The van der Waals surface area contributed by atoms with Gasteiger partial charge in [0, 0.05) is 25.5 Å². The predicted octanol–water partition coefficient (Wildman–Crippen LogP) is 2.18. The molecule has 0 radical (unpaired) electrons. The number of rotatable bonds is 4. The monoisotopic (exact) mass is 355 g/mol. The molecule has 25 heavy (non-hydrogen) atoms. The van der Waals surface area contributed by atoms with Gasteiger partial charge in [0.2, 0.25) is 10.0 Å². The molecule has 0 atom stereocenters. The number of nitrogens with one attached hydrogen (secondary N) is 1. The van der Waals surface area contributed by atoms with E-state index in [1.807, 2.05) is 36.4 Å². The molecule has 0 bridgehead atoms. The van der Waals surface area contributed by atoms with Gasteiger partial charge >= 0.3 is 0 Å². The molecule has 0 spiro atoms. The van der Waals surface area contributed by atoms with Crippen molar-refractivity contribution in [1.82, 2.24) is 15.0 Å². The summed E-state index contributed by atoms with van der Waals surface area (Å²) in [6.07, 6.45) is 3.92. The van der Waals surface area contributed by atoms with Crippen LogP contribution in [0.2, 0.25) is 0 Å². The number of pyridine rings is 1. The van der Waals surface area contributed by atoms with Crippen LogP contribution >= 0.6 is 0 Å². The lowest BCUT2D eigenvalue weighted by Crippen LogP contribution is -2.25. The molecular weight excluding hydrogens is 338 g/mol. The maximum absolute atomic E-state index is 12.1. The van der Waals surface area contributed by atoms with E-state index in [0.29, 0.717) is 36.7 Å². The number of anilines is 2. The lowest BCUT2D eigenvalue weighted by molar-refractivity contribution is 0.599. The number of aromatic nitrogens is 3.